The van der Waals surface area contributed by atoms with E-state index < -0.39 is 0 Å². The van der Waals surface area contributed by atoms with Crippen molar-refractivity contribution in [3.05, 3.63) is 95.4 Å². The number of pyridine rings is 1. The van der Waals surface area contributed by atoms with Crippen molar-refractivity contribution in [2.24, 2.45) is 0 Å². The van der Waals surface area contributed by atoms with E-state index in [0.717, 1.165) is 38.9 Å². The van der Waals surface area contributed by atoms with Crippen molar-refractivity contribution in [1.29, 1.82) is 0 Å². The molecule has 0 atom stereocenters. The molecule has 0 saturated carbocycles. The standard InChI is InChI=1S/C32H27N3O5/c36-26-19-29(35-14-17-37-18-15-35)40-31-22(7-3-8-24(26)31)23-10-11-28(38-16-13-34-21-5-4-12-33-20-21)30-25-6-1-2-9-27(25)39-32(23)30/h1-12,19-20,34H,13-18H2. The highest BCUT2D eigenvalue weighted by Gasteiger charge is 2.21. The van der Waals surface area contributed by atoms with E-state index in [2.05, 4.69) is 10.3 Å². The van der Waals surface area contributed by atoms with E-state index in [1.165, 1.54) is 0 Å². The highest BCUT2D eigenvalue weighted by Crippen LogP contribution is 2.43. The Hall–Kier alpha value is -4.82. The molecule has 1 N–H and O–H groups in total. The molecule has 8 heteroatoms. The minimum atomic E-state index is -0.0773. The number of aromatic nitrogens is 1. The molecular weight excluding hydrogens is 506 g/mol. The van der Waals surface area contributed by atoms with Crippen molar-refractivity contribution < 1.29 is 18.3 Å². The van der Waals surface area contributed by atoms with Crippen LogP contribution >= 0.6 is 0 Å². The SMILES string of the molecule is O=c1cc(N2CCOCC2)oc2c(-c3ccc(OCCNc4cccnc4)c4c3oc3ccccc34)cccc12. The summed E-state index contributed by atoms with van der Waals surface area (Å²) in [5.74, 6) is 1.28. The van der Waals surface area contributed by atoms with Gasteiger partial charge in [-0.05, 0) is 36.4 Å². The molecule has 0 radical (unpaired) electrons. The molecule has 0 bridgehead atoms. The summed E-state index contributed by atoms with van der Waals surface area (Å²) in [7, 11) is 0. The first-order valence-electron chi connectivity index (χ1n) is 13.4. The minimum Gasteiger partial charge on any atom is -0.491 e. The molecule has 3 aromatic heterocycles. The summed E-state index contributed by atoms with van der Waals surface area (Å²) in [5.41, 5.74) is 4.47. The van der Waals surface area contributed by atoms with E-state index in [-0.39, 0.29) is 5.43 Å². The molecule has 0 unspecified atom stereocenters. The predicted octanol–water partition coefficient (Wildman–Crippen LogP) is 6.08. The number of nitrogens with one attached hydrogen (secondary N) is 1. The molecule has 0 aliphatic carbocycles. The molecule has 1 aliphatic heterocycles. The van der Waals surface area contributed by atoms with Crippen LogP contribution in [0.25, 0.3) is 44.0 Å². The van der Waals surface area contributed by atoms with Crippen molar-refractivity contribution >= 4 is 44.5 Å². The maximum atomic E-state index is 13.2. The summed E-state index contributed by atoms with van der Waals surface area (Å²) in [6, 6.07) is 23.0. The van der Waals surface area contributed by atoms with Gasteiger partial charge < -0.3 is 28.5 Å². The zero-order chi connectivity index (χ0) is 26.9. The van der Waals surface area contributed by atoms with Gasteiger partial charge in [0.05, 0.1) is 29.7 Å². The van der Waals surface area contributed by atoms with Crippen LogP contribution in [0.1, 0.15) is 0 Å². The largest absolute Gasteiger partial charge is 0.491 e. The third-order valence-electron chi connectivity index (χ3n) is 7.19. The number of ether oxygens (including phenoxy) is 2. The first-order chi connectivity index (χ1) is 19.8. The van der Waals surface area contributed by atoms with E-state index >= 15 is 0 Å². The molecule has 8 nitrogen and oxygen atoms in total. The Labute approximate surface area is 229 Å². The van der Waals surface area contributed by atoms with Crippen LogP contribution in [0.2, 0.25) is 0 Å². The Morgan fingerprint density at radius 3 is 2.60 bits per heavy atom. The van der Waals surface area contributed by atoms with Crippen LogP contribution in [-0.2, 0) is 4.74 Å². The average Bonchev–Trinajstić information content (AvgIpc) is 3.40. The number of hydrogen-bond donors (Lipinski definition) is 1. The maximum absolute atomic E-state index is 13.2. The van der Waals surface area contributed by atoms with Crippen LogP contribution in [0.3, 0.4) is 0 Å². The van der Waals surface area contributed by atoms with Gasteiger partial charge in [0, 0.05) is 54.6 Å². The van der Waals surface area contributed by atoms with Gasteiger partial charge in [-0.25, -0.2) is 0 Å². The van der Waals surface area contributed by atoms with Crippen LogP contribution in [0.15, 0.2) is 98.8 Å². The second-order valence-electron chi connectivity index (χ2n) is 9.66. The zero-order valence-corrected chi connectivity index (χ0v) is 21.8. The van der Waals surface area contributed by atoms with Crippen LogP contribution in [0.4, 0.5) is 11.6 Å². The summed E-state index contributed by atoms with van der Waals surface area (Å²) in [6.45, 7) is 3.61. The Kier molecular flexibility index (Phi) is 6.30. The van der Waals surface area contributed by atoms with Gasteiger partial charge >= 0.3 is 0 Å². The molecule has 0 amide bonds. The summed E-state index contributed by atoms with van der Waals surface area (Å²) < 4.78 is 24.6. The monoisotopic (exact) mass is 533 g/mol. The topological polar surface area (TPSA) is 90.0 Å². The van der Waals surface area contributed by atoms with E-state index in [1.807, 2.05) is 65.6 Å². The van der Waals surface area contributed by atoms with Gasteiger partial charge in [0.2, 0.25) is 0 Å². The fourth-order valence-corrected chi connectivity index (χ4v) is 5.27. The molecule has 40 heavy (non-hydrogen) atoms. The van der Waals surface area contributed by atoms with Crippen LogP contribution in [0.5, 0.6) is 5.75 Å². The molecule has 1 fully saturated rings. The van der Waals surface area contributed by atoms with Crippen molar-refractivity contribution in [2.75, 3.05) is 49.7 Å². The molecule has 6 aromatic rings. The van der Waals surface area contributed by atoms with Crippen molar-refractivity contribution in [2.45, 2.75) is 0 Å². The molecular formula is C32H27N3O5. The first kappa shape index (κ1) is 24.2. The zero-order valence-electron chi connectivity index (χ0n) is 21.8. The lowest BCUT2D eigenvalue weighted by Gasteiger charge is -2.27. The number of nitrogens with zero attached hydrogens (tertiary/aromatic N) is 2. The number of para-hydroxylation sites is 2. The van der Waals surface area contributed by atoms with Crippen molar-refractivity contribution in [3.63, 3.8) is 0 Å². The number of anilines is 2. The van der Waals surface area contributed by atoms with Crippen molar-refractivity contribution in [1.82, 2.24) is 4.98 Å². The predicted molar refractivity (Wildman–Crippen MR) is 156 cm³/mol. The number of fused-ring (bicyclic) bond motifs is 4. The summed E-state index contributed by atoms with van der Waals surface area (Å²) in [5, 5.41) is 5.70. The lowest BCUT2D eigenvalue weighted by molar-refractivity contribution is 0.121. The average molecular weight is 534 g/mol. The third kappa shape index (κ3) is 4.42. The van der Waals surface area contributed by atoms with Gasteiger partial charge in [-0.2, -0.15) is 0 Å². The number of hydrogen-bond acceptors (Lipinski definition) is 8. The second-order valence-corrected chi connectivity index (χ2v) is 9.66. The van der Waals surface area contributed by atoms with Crippen LogP contribution in [0, 0.1) is 0 Å². The molecule has 4 heterocycles. The van der Waals surface area contributed by atoms with Gasteiger partial charge in [-0.15, -0.1) is 0 Å². The highest BCUT2D eigenvalue weighted by atomic mass is 16.5. The fourth-order valence-electron chi connectivity index (χ4n) is 5.27. The second kappa shape index (κ2) is 10.4. The lowest BCUT2D eigenvalue weighted by Crippen LogP contribution is -2.36. The summed E-state index contributed by atoms with van der Waals surface area (Å²) in [4.78, 5) is 19.3. The van der Waals surface area contributed by atoms with E-state index in [9.17, 15) is 4.79 Å². The number of furan rings is 1. The number of rotatable bonds is 7. The third-order valence-corrected chi connectivity index (χ3v) is 7.19. The normalized spacial score (nSPS) is 13.8. The van der Waals surface area contributed by atoms with Gasteiger partial charge in [-0.3, -0.25) is 9.78 Å². The molecule has 1 aliphatic rings. The van der Waals surface area contributed by atoms with Gasteiger partial charge in [0.25, 0.3) is 0 Å². The number of benzene rings is 3. The summed E-state index contributed by atoms with van der Waals surface area (Å²) >= 11 is 0. The Morgan fingerprint density at radius 2 is 1.73 bits per heavy atom. The van der Waals surface area contributed by atoms with Gasteiger partial charge in [0.15, 0.2) is 11.3 Å². The Balaban J connectivity index is 1.31. The molecule has 0 spiro atoms. The van der Waals surface area contributed by atoms with Gasteiger partial charge in [-0.1, -0.05) is 30.3 Å². The van der Waals surface area contributed by atoms with Crippen LogP contribution in [-0.4, -0.2) is 44.4 Å². The summed E-state index contributed by atoms with van der Waals surface area (Å²) in [6.07, 6.45) is 3.53. The molecule has 200 valence electrons. The maximum Gasteiger partial charge on any atom is 0.200 e. The highest BCUT2D eigenvalue weighted by molar-refractivity contribution is 6.14. The van der Waals surface area contributed by atoms with Gasteiger partial charge in [0.1, 0.15) is 29.1 Å². The van der Waals surface area contributed by atoms with E-state index in [0.29, 0.717) is 61.9 Å². The first-order valence-corrected chi connectivity index (χ1v) is 13.4. The van der Waals surface area contributed by atoms with E-state index in [1.54, 1.807) is 24.5 Å². The van der Waals surface area contributed by atoms with E-state index in [4.69, 9.17) is 18.3 Å². The number of morpholine rings is 1. The van der Waals surface area contributed by atoms with Crippen LogP contribution < -0.4 is 20.4 Å². The van der Waals surface area contributed by atoms with Crippen molar-refractivity contribution in [3.8, 4) is 16.9 Å². The quantitative estimate of drug-likeness (QED) is 0.247. The fraction of sp³-hybridized carbons (Fsp3) is 0.188. The lowest BCUT2D eigenvalue weighted by atomic mass is 9.99. The minimum absolute atomic E-state index is 0.0773. The smallest absolute Gasteiger partial charge is 0.200 e. The Morgan fingerprint density at radius 1 is 0.875 bits per heavy atom. The Bertz CT molecular complexity index is 1870. The molecule has 1 saturated heterocycles. The molecule has 3 aromatic carbocycles. The molecule has 7 rings (SSSR count).